The summed E-state index contributed by atoms with van der Waals surface area (Å²) < 4.78 is 13.5. The van der Waals surface area contributed by atoms with Crippen LogP contribution in [-0.4, -0.2) is 42.5 Å². The number of allylic oxidation sites excluding steroid dienone is 2. The SMILES string of the molecule is O=C(NCC(Cc1cccc(F)c1)N1CCNC1=O)C1CC=CCC1. The number of hydrogen-bond acceptors (Lipinski definition) is 2. The Balaban J connectivity index is 1.64. The molecular formula is C19H24FN3O2. The minimum atomic E-state index is -0.292. The Hall–Kier alpha value is -2.37. The van der Waals surface area contributed by atoms with Crippen LogP contribution in [0.3, 0.4) is 0 Å². The van der Waals surface area contributed by atoms with E-state index in [1.54, 1.807) is 11.0 Å². The van der Waals surface area contributed by atoms with Crippen molar-refractivity contribution in [1.82, 2.24) is 15.5 Å². The summed E-state index contributed by atoms with van der Waals surface area (Å²) in [5, 5.41) is 5.79. The smallest absolute Gasteiger partial charge is 0.317 e. The van der Waals surface area contributed by atoms with Crippen LogP contribution in [0.1, 0.15) is 24.8 Å². The van der Waals surface area contributed by atoms with Gasteiger partial charge in [0.15, 0.2) is 0 Å². The van der Waals surface area contributed by atoms with E-state index in [9.17, 15) is 14.0 Å². The third-order valence-corrected chi connectivity index (χ3v) is 4.84. The fourth-order valence-corrected chi connectivity index (χ4v) is 3.46. The monoisotopic (exact) mass is 345 g/mol. The summed E-state index contributed by atoms with van der Waals surface area (Å²) in [6.45, 7) is 1.57. The number of nitrogens with one attached hydrogen (secondary N) is 2. The number of halogens is 1. The Morgan fingerprint density at radius 3 is 2.96 bits per heavy atom. The van der Waals surface area contributed by atoms with E-state index in [1.807, 2.05) is 12.1 Å². The summed E-state index contributed by atoms with van der Waals surface area (Å²) in [7, 11) is 0. The van der Waals surface area contributed by atoms with Gasteiger partial charge in [-0.3, -0.25) is 4.79 Å². The van der Waals surface area contributed by atoms with Crippen molar-refractivity contribution < 1.29 is 14.0 Å². The normalized spacial score (nSPS) is 21.1. The van der Waals surface area contributed by atoms with Crippen LogP contribution in [0.5, 0.6) is 0 Å². The van der Waals surface area contributed by atoms with E-state index < -0.39 is 0 Å². The van der Waals surface area contributed by atoms with Crippen molar-refractivity contribution in [2.75, 3.05) is 19.6 Å². The van der Waals surface area contributed by atoms with Gasteiger partial charge in [0.1, 0.15) is 5.82 Å². The summed E-state index contributed by atoms with van der Waals surface area (Å²) in [6.07, 6.45) is 7.22. The average molecular weight is 345 g/mol. The molecule has 1 aliphatic carbocycles. The minimum Gasteiger partial charge on any atom is -0.354 e. The summed E-state index contributed by atoms with van der Waals surface area (Å²) in [6, 6.07) is 6.08. The number of rotatable bonds is 6. The molecule has 3 rings (SSSR count). The van der Waals surface area contributed by atoms with Gasteiger partial charge < -0.3 is 15.5 Å². The lowest BCUT2D eigenvalue weighted by Gasteiger charge is -2.28. The third-order valence-electron chi connectivity index (χ3n) is 4.84. The topological polar surface area (TPSA) is 61.4 Å². The van der Waals surface area contributed by atoms with E-state index in [0.717, 1.165) is 24.8 Å². The van der Waals surface area contributed by atoms with Crippen LogP contribution >= 0.6 is 0 Å². The van der Waals surface area contributed by atoms with Crippen LogP contribution in [0.15, 0.2) is 36.4 Å². The van der Waals surface area contributed by atoms with Gasteiger partial charge in [-0.05, 0) is 43.4 Å². The van der Waals surface area contributed by atoms with Crippen molar-refractivity contribution in [3.63, 3.8) is 0 Å². The van der Waals surface area contributed by atoms with Gasteiger partial charge in [0, 0.05) is 25.6 Å². The van der Waals surface area contributed by atoms with Crippen molar-refractivity contribution in [2.45, 2.75) is 31.7 Å². The quantitative estimate of drug-likeness (QED) is 0.777. The second-order valence-corrected chi connectivity index (χ2v) is 6.64. The molecule has 0 saturated carbocycles. The van der Waals surface area contributed by atoms with Gasteiger partial charge in [0.25, 0.3) is 0 Å². The number of benzene rings is 1. The van der Waals surface area contributed by atoms with Gasteiger partial charge in [-0.2, -0.15) is 0 Å². The lowest BCUT2D eigenvalue weighted by molar-refractivity contribution is -0.125. The molecule has 0 radical (unpaired) electrons. The molecule has 5 nitrogen and oxygen atoms in total. The first kappa shape index (κ1) is 17.5. The third kappa shape index (κ3) is 4.59. The molecule has 1 fully saturated rings. The standard InChI is InChI=1S/C19H24FN3O2/c20-16-8-4-5-14(11-16)12-17(23-10-9-21-19(23)25)13-22-18(24)15-6-2-1-3-7-15/h1-2,4-5,8,11,15,17H,3,6-7,9-10,12-13H2,(H,21,25)(H,22,24). The molecule has 0 bridgehead atoms. The Labute approximate surface area is 147 Å². The first-order valence-electron chi connectivity index (χ1n) is 8.85. The molecule has 0 aromatic heterocycles. The maximum absolute atomic E-state index is 13.5. The summed E-state index contributed by atoms with van der Waals surface area (Å²) in [5.74, 6) is -0.249. The largest absolute Gasteiger partial charge is 0.354 e. The second-order valence-electron chi connectivity index (χ2n) is 6.64. The van der Waals surface area contributed by atoms with E-state index in [1.165, 1.54) is 12.1 Å². The van der Waals surface area contributed by atoms with Crippen LogP contribution in [-0.2, 0) is 11.2 Å². The first-order valence-corrected chi connectivity index (χ1v) is 8.85. The highest BCUT2D eigenvalue weighted by atomic mass is 19.1. The Bertz CT molecular complexity index is 662. The summed E-state index contributed by atoms with van der Waals surface area (Å²) in [5.41, 5.74) is 0.819. The molecule has 2 N–H and O–H groups in total. The van der Waals surface area contributed by atoms with Gasteiger partial charge in [-0.25, -0.2) is 9.18 Å². The van der Waals surface area contributed by atoms with Gasteiger partial charge in [-0.15, -0.1) is 0 Å². The molecular weight excluding hydrogens is 321 g/mol. The molecule has 6 heteroatoms. The fraction of sp³-hybridized carbons (Fsp3) is 0.474. The van der Waals surface area contributed by atoms with Crippen molar-refractivity contribution in [3.05, 3.63) is 47.8 Å². The Morgan fingerprint density at radius 1 is 1.40 bits per heavy atom. The number of carbonyl (C=O) groups is 2. The molecule has 1 aromatic carbocycles. The Kier molecular flexibility index (Phi) is 5.68. The average Bonchev–Trinajstić information content (AvgIpc) is 3.05. The number of urea groups is 1. The zero-order valence-electron chi connectivity index (χ0n) is 14.2. The van der Waals surface area contributed by atoms with Gasteiger partial charge in [-0.1, -0.05) is 24.3 Å². The highest BCUT2D eigenvalue weighted by molar-refractivity contribution is 5.79. The molecule has 0 spiro atoms. The molecule has 25 heavy (non-hydrogen) atoms. The Morgan fingerprint density at radius 2 is 2.28 bits per heavy atom. The second kappa shape index (κ2) is 8.14. The van der Waals surface area contributed by atoms with Crippen LogP contribution in [0.25, 0.3) is 0 Å². The lowest BCUT2D eigenvalue weighted by atomic mass is 9.93. The summed E-state index contributed by atoms with van der Waals surface area (Å²) >= 11 is 0. The molecule has 2 aliphatic rings. The maximum atomic E-state index is 13.5. The van der Waals surface area contributed by atoms with Crippen LogP contribution in [0.2, 0.25) is 0 Å². The van der Waals surface area contributed by atoms with Gasteiger partial charge >= 0.3 is 6.03 Å². The van der Waals surface area contributed by atoms with Gasteiger partial charge in [0.05, 0.1) is 6.04 Å². The highest BCUT2D eigenvalue weighted by Crippen LogP contribution is 2.18. The van der Waals surface area contributed by atoms with Crippen molar-refractivity contribution >= 4 is 11.9 Å². The molecule has 134 valence electrons. The molecule has 1 saturated heterocycles. The number of nitrogens with zero attached hydrogens (tertiary/aromatic N) is 1. The molecule has 3 amide bonds. The van der Waals surface area contributed by atoms with E-state index in [2.05, 4.69) is 16.7 Å². The fourth-order valence-electron chi connectivity index (χ4n) is 3.46. The van der Waals surface area contributed by atoms with E-state index in [0.29, 0.717) is 26.1 Å². The summed E-state index contributed by atoms with van der Waals surface area (Å²) in [4.78, 5) is 26.1. The predicted molar refractivity (Wildman–Crippen MR) is 93.5 cm³/mol. The van der Waals surface area contributed by atoms with Crippen molar-refractivity contribution in [1.29, 1.82) is 0 Å². The van der Waals surface area contributed by atoms with Crippen LogP contribution in [0.4, 0.5) is 9.18 Å². The minimum absolute atomic E-state index is 0.00669. The zero-order valence-corrected chi connectivity index (χ0v) is 14.2. The molecule has 1 heterocycles. The van der Waals surface area contributed by atoms with Crippen LogP contribution in [0, 0.1) is 11.7 Å². The predicted octanol–water partition coefficient (Wildman–Crippen LogP) is 2.23. The number of hydrogen-bond donors (Lipinski definition) is 2. The van der Waals surface area contributed by atoms with Crippen molar-refractivity contribution in [3.8, 4) is 0 Å². The first-order chi connectivity index (χ1) is 12.1. The van der Waals surface area contributed by atoms with E-state index >= 15 is 0 Å². The number of carbonyl (C=O) groups excluding carboxylic acids is 2. The highest BCUT2D eigenvalue weighted by Gasteiger charge is 2.29. The van der Waals surface area contributed by atoms with E-state index in [4.69, 9.17) is 0 Å². The molecule has 1 aromatic rings. The molecule has 2 atom stereocenters. The molecule has 1 aliphatic heterocycles. The van der Waals surface area contributed by atoms with E-state index in [-0.39, 0.29) is 29.7 Å². The zero-order chi connectivity index (χ0) is 17.6. The van der Waals surface area contributed by atoms with Gasteiger partial charge in [0.2, 0.25) is 5.91 Å². The number of amides is 3. The molecule has 2 unspecified atom stereocenters. The maximum Gasteiger partial charge on any atom is 0.317 e. The lowest BCUT2D eigenvalue weighted by Crippen LogP contribution is -2.47. The van der Waals surface area contributed by atoms with Crippen LogP contribution < -0.4 is 10.6 Å². The van der Waals surface area contributed by atoms with Crippen molar-refractivity contribution in [2.24, 2.45) is 5.92 Å².